The van der Waals surface area contributed by atoms with E-state index in [0.29, 0.717) is 5.69 Å². The number of carbonyl (C=O) groups is 2. The number of carbonyl (C=O) groups excluding carboxylic acids is 2. The first-order chi connectivity index (χ1) is 14.2. The molecule has 7 nitrogen and oxygen atoms in total. The highest BCUT2D eigenvalue weighted by Crippen LogP contribution is 2.38. The number of benzene rings is 1. The zero-order valence-corrected chi connectivity index (χ0v) is 16.7. The molecule has 0 fully saturated rings. The number of esters is 1. The number of amides is 2. The van der Waals surface area contributed by atoms with Crippen LogP contribution in [0.1, 0.15) is 47.7 Å². The molecule has 0 aliphatic heterocycles. The fraction of sp³-hybridized carbons (Fsp3) is 0.455. The molecule has 2 aliphatic carbocycles. The maximum atomic E-state index is 12.9. The molecule has 1 heterocycles. The Kier molecular flexibility index (Phi) is 5.74. The van der Waals surface area contributed by atoms with Gasteiger partial charge in [-0.05, 0) is 73.8 Å². The number of hydrogen-bond acceptors (Lipinski definition) is 5. The first-order valence-corrected chi connectivity index (χ1v) is 10.3. The lowest BCUT2D eigenvalue weighted by Crippen LogP contribution is -2.45. The van der Waals surface area contributed by atoms with Crippen molar-refractivity contribution in [2.24, 2.45) is 0 Å². The van der Waals surface area contributed by atoms with Crippen LogP contribution < -0.4 is 10.6 Å². The van der Waals surface area contributed by atoms with Crippen LogP contribution in [0.5, 0.6) is 0 Å². The van der Waals surface area contributed by atoms with E-state index in [1.54, 1.807) is 19.2 Å². The average Bonchev–Trinajstić information content (AvgIpc) is 3.37. The minimum atomic E-state index is -0.811. The zero-order chi connectivity index (χ0) is 20.2. The number of aromatic nitrogens is 2. The summed E-state index contributed by atoms with van der Waals surface area (Å²) in [6, 6.07) is 2.86. The molecular weight excluding hydrogens is 368 g/mol. The molecule has 1 aromatic heterocycles. The summed E-state index contributed by atoms with van der Waals surface area (Å²) in [4.78, 5) is 33.3. The van der Waals surface area contributed by atoms with E-state index in [-0.39, 0.29) is 19.1 Å². The normalized spacial score (nSPS) is 15.3. The Morgan fingerprint density at radius 3 is 2.48 bits per heavy atom. The molecular formula is C22H26N4O3. The third-order valence-electron chi connectivity index (χ3n) is 5.64. The number of fused-ring (bicyclic) bond motifs is 2. The van der Waals surface area contributed by atoms with Gasteiger partial charge in [0.15, 0.2) is 0 Å². The molecule has 1 atom stereocenters. The SMILES string of the molecule is CCOC(=O)C(Cc1ccncn1)NC(=O)Nc1c2c(cc3c1CCC3)CCC2. The number of aryl methyl sites for hydroxylation is 2. The lowest BCUT2D eigenvalue weighted by atomic mass is 9.99. The summed E-state index contributed by atoms with van der Waals surface area (Å²) < 4.78 is 5.15. The van der Waals surface area contributed by atoms with Gasteiger partial charge in [0.05, 0.1) is 6.61 Å². The fourth-order valence-corrected chi connectivity index (χ4v) is 4.36. The molecule has 7 heteroatoms. The van der Waals surface area contributed by atoms with Crippen molar-refractivity contribution in [1.29, 1.82) is 0 Å². The number of anilines is 1. The number of nitrogens with one attached hydrogen (secondary N) is 2. The van der Waals surface area contributed by atoms with Gasteiger partial charge in [0.2, 0.25) is 0 Å². The van der Waals surface area contributed by atoms with Crippen molar-refractivity contribution in [3.05, 3.63) is 52.6 Å². The molecule has 0 radical (unpaired) electrons. The minimum Gasteiger partial charge on any atom is -0.464 e. The van der Waals surface area contributed by atoms with Crippen LogP contribution in [0, 0.1) is 0 Å². The molecule has 2 aromatic rings. The number of nitrogens with zero attached hydrogens (tertiary/aromatic N) is 2. The van der Waals surface area contributed by atoms with Gasteiger partial charge in [-0.15, -0.1) is 0 Å². The number of hydrogen-bond donors (Lipinski definition) is 2. The lowest BCUT2D eigenvalue weighted by molar-refractivity contribution is -0.145. The van der Waals surface area contributed by atoms with Crippen LogP contribution in [0.3, 0.4) is 0 Å². The van der Waals surface area contributed by atoms with Crippen molar-refractivity contribution in [3.63, 3.8) is 0 Å². The quantitative estimate of drug-likeness (QED) is 0.735. The van der Waals surface area contributed by atoms with Crippen LogP contribution >= 0.6 is 0 Å². The van der Waals surface area contributed by atoms with Crippen LogP contribution in [0.4, 0.5) is 10.5 Å². The first kappa shape index (κ1) is 19.4. The molecule has 0 bridgehead atoms. The summed E-state index contributed by atoms with van der Waals surface area (Å²) in [5.74, 6) is -0.468. The average molecular weight is 394 g/mol. The van der Waals surface area contributed by atoms with Crippen molar-refractivity contribution in [2.45, 2.75) is 57.9 Å². The van der Waals surface area contributed by atoms with Crippen molar-refractivity contribution in [2.75, 3.05) is 11.9 Å². The van der Waals surface area contributed by atoms with Crippen LogP contribution in [-0.4, -0.2) is 34.6 Å². The van der Waals surface area contributed by atoms with Gasteiger partial charge < -0.3 is 15.4 Å². The molecule has 0 saturated carbocycles. The summed E-state index contributed by atoms with van der Waals surface area (Å²) in [6.45, 7) is 2.00. The van der Waals surface area contributed by atoms with E-state index in [4.69, 9.17) is 4.74 Å². The van der Waals surface area contributed by atoms with Crippen LogP contribution in [0.15, 0.2) is 24.7 Å². The summed E-state index contributed by atoms with van der Waals surface area (Å²) in [7, 11) is 0. The van der Waals surface area contributed by atoms with E-state index in [0.717, 1.165) is 44.2 Å². The van der Waals surface area contributed by atoms with Crippen LogP contribution in [0.25, 0.3) is 0 Å². The molecule has 0 spiro atoms. The standard InChI is InChI=1S/C22H26N4O3/c1-2-29-21(27)19(12-16-9-10-23-13-24-16)25-22(28)26-20-17-7-3-5-14(17)11-15-6-4-8-18(15)20/h9-11,13,19H,2-8,12H2,1H3,(H2,25,26,28). The van der Waals surface area contributed by atoms with E-state index < -0.39 is 12.0 Å². The van der Waals surface area contributed by atoms with Crippen molar-refractivity contribution >= 4 is 17.7 Å². The monoisotopic (exact) mass is 394 g/mol. The topological polar surface area (TPSA) is 93.2 Å². The second-order valence-electron chi connectivity index (χ2n) is 7.54. The Bertz CT molecular complexity index is 882. The van der Waals surface area contributed by atoms with Crippen LogP contribution in [-0.2, 0) is 41.6 Å². The van der Waals surface area contributed by atoms with Crippen molar-refractivity contribution < 1.29 is 14.3 Å². The Hall–Kier alpha value is -2.96. The molecule has 0 saturated heterocycles. The Morgan fingerprint density at radius 1 is 1.14 bits per heavy atom. The first-order valence-electron chi connectivity index (χ1n) is 10.3. The van der Waals surface area contributed by atoms with E-state index in [2.05, 4.69) is 26.7 Å². The molecule has 2 N–H and O–H groups in total. The van der Waals surface area contributed by atoms with Gasteiger partial charge in [0, 0.05) is 24.0 Å². The molecule has 152 valence electrons. The van der Waals surface area contributed by atoms with E-state index in [9.17, 15) is 9.59 Å². The van der Waals surface area contributed by atoms with Gasteiger partial charge in [0.1, 0.15) is 12.4 Å². The Morgan fingerprint density at radius 2 is 1.86 bits per heavy atom. The number of rotatable bonds is 6. The smallest absolute Gasteiger partial charge is 0.329 e. The molecule has 29 heavy (non-hydrogen) atoms. The van der Waals surface area contributed by atoms with Crippen LogP contribution in [0.2, 0.25) is 0 Å². The second-order valence-corrected chi connectivity index (χ2v) is 7.54. The second kappa shape index (κ2) is 8.59. The van der Waals surface area contributed by atoms with E-state index in [1.807, 2.05) is 0 Å². The van der Waals surface area contributed by atoms with Gasteiger partial charge in [0.25, 0.3) is 0 Å². The zero-order valence-electron chi connectivity index (χ0n) is 16.7. The van der Waals surface area contributed by atoms with Gasteiger partial charge in [-0.25, -0.2) is 19.6 Å². The Labute approximate surface area is 170 Å². The van der Waals surface area contributed by atoms with Crippen molar-refractivity contribution in [1.82, 2.24) is 15.3 Å². The third-order valence-corrected chi connectivity index (χ3v) is 5.64. The highest BCUT2D eigenvalue weighted by Gasteiger charge is 2.27. The maximum Gasteiger partial charge on any atom is 0.329 e. The summed E-state index contributed by atoms with van der Waals surface area (Å²) in [6.07, 6.45) is 9.63. The van der Waals surface area contributed by atoms with Crippen molar-refractivity contribution in [3.8, 4) is 0 Å². The predicted octanol–water partition coefficient (Wildman–Crippen LogP) is 2.75. The van der Waals surface area contributed by atoms with E-state index in [1.165, 1.54) is 28.6 Å². The summed E-state index contributed by atoms with van der Waals surface area (Å²) in [5.41, 5.74) is 6.83. The lowest BCUT2D eigenvalue weighted by Gasteiger charge is -2.20. The van der Waals surface area contributed by atoms with Gasteiger partial charge in [-0.1, -0.05) is 6.07 Å². The largest absolute Gasteiger partial charge is 0.464 e. The summed E-state index contributed by atoms with van der Waals surface area (Å²) >= 11 is 0. The highest BCUT2D eigenvalue weighted by molar-refractivity contribution is 5.94. The summed E-state index contributed by atoms with van der Waals surface area (Å²) in [5, 5.41) is 5.86. The molecule has 2 amide bonds. The molecule has 2 aliphatic rings. The fourth-order valence-electron chi connectivity index (χ4n) is 4.36. The number of ether oxygens (including phenoxy) is 1. The Balaban J connectivity index is 1.52. The molecule has 4 rings (SSSR count). The third kappa shape index (κ3) is 4.23. The minimum absolute atomic E-state index is 0.250. The maximum absolute atomic E-state index is 12.9. The number of urea groups is 1. The van der Waals surface area contributed by atoms with E-state index >= 15 is 0 Å². The highest BCUT2D eigenvalue weighted by atomic mass is 16.5. The predicted molar refractivity (Wildman–Crippen MR) is 109 cm³/mol. The van der Waals surface area contributed by atoms with Gasteiger partial charge in [-0.3, -0.25) is 0 Å². The van der Waals surface area contributed by atoms with Gasteiger partial charge >= 0.3 is 12.0 Å². The van der Waals surface area contributed by atoms with Gasteiger partial charge in [-0.2, -0.15) is 0 Å². The molecule has 1 aromatic carbocycles. The molecule has 1 unspecified atom stereocenters.